The summed E-state index contributed by atoms with van der Waals surface area (Å²) in [6.45, 7) is 4.33. The zero-order valence-corrected chi connectivity index (χ0v) is 13.1. The highest BCUT2D eigenvalue weighted by atomic mass is 16.4. The van der Waals surface area contributed by atoms with Gasteiger partial charge in [0.25, 0.3) is 0 Å². The SMILES string of the molecule is CC(C)c1ccc(Nc2nc3cc(CC(=O)O)ccc3[nH]2)cc1. The van der Waals surface area contributed by atoms with Crippen LogP contribution in [0.4, 0.5) is 11.6 Å². The molecule has 23 heavy (non-hydrogen) atoms. The first-order chi connectivity index (χ1) is 11.0. The summed E-state index contributed by atoms with van der Waals surface area (Å²) in [4.78, 5) is 18.5. The fourth-order valence-corrected chi connectivity index (χ4v) is 2.48. The molecular weight excluding hydrogens is 290 g/mol. The van der Waals surface area contributed by atoms with Gasteiger partial charge in [0.1, 0.15) is 0 Å². The molecule has 0 spiro atoms. The maximum atomic E-state index is 10.8. The van der Waals surface area contributed by atoms with Gasteiger partial charge in [0, 0.05) is 5.69 Å². The molecule has 0 amide bonds. The zero-order valence-electron chi connectivity index (χ0n) is 13.1. The van der Waals surface area contributed by atoms with Crippen molar-refractivity contribution in [2.45, 2.75) is 26.2 Å². The number of nitrogens with one attached hydrogen (secondary N) is 2. The molecule has 0 saturated carbocycles. The van der Waals surface area contributed by atoms with Crippen molar-refractivity contribution in [3.63, 3.8) is 0 Å². The highest BCUT2D eigenvalue weighted by Crippen LogP contribution is 2.22. The van der Waals surface area contributed by atoms with Gasteiger partial charge in [-0.25, -0.2) is 4.98 Å². The molecule has 118 valence electrons. The van der Waals surface area contributed by atoms with E-state index in [4.69, 9.17) is 5.11 Å². The molecule has 1 heterocycles. The van der Waals surface area contributed by atoms with Gasteiger partial charge in [-0.15, -0.1) is 0 Å². The van der Waals surface area contributed by atoms with Gasteiger partial charge in [0.15, 0.2) is 0 Å². The highest BCUT2D eigenvalue weighted by Gasteiger charge is 2.07. The van der Waals surface area contributed by atoms with E-state index in [0.29, 0.717) is 11.9 Å². The quantitative estimate of drug-likeness (QED) is 0.664. The smallest absolute Gasteiger partial charge is 0.307 e. The number of benzene rings is 2. The zero-order chi connectivity index (χ0) is 16.4. The van der Waals surface area contributed by atoms with Gasteiger partial charge in [-0.2, -0.15) is 0 Å². The Morgan fingerprint density at radius 3 is 2.61 bits per heavy atom. The van der Waals surface area contributed by atoms with Crippen molar-refractivity contribution in [3.8, 4) is 0 Å². The molecule has 2 aromatic carbocycles. The molecule has 1 aromatic heterocycles. The summed E-state index contributed by atoms with van der Waals surface area (Å²) in [5.41, 5.74) is 4.62. The Morgan fingerprint density at radius 1 is 1.22 bits per heavy atom. The largest absolute Gasteiger partial charge is 0.481 e. The third-order valence-electron chi connectivity index (χ3n) is 3.74. The number of hydrogen-bond acceptors (Lipinski definition) is 3. The van der Waals surface area contributed by atoms with Crippen molar-refractivity contribution >= 4 is 28.6 Å². The van der Waals surface area contributed by atoms with Crippen molar-refractivity contribution in [3.05, 3.63) is 53.6 Å². The summed E-state index contributed by atoms with van der Waals surface area (Å²) in [5, 5.41) is 12.1. The van der Waals surface area contributed by atoms with Crippen LogP contribution in [0.25, 0.3) is 11.0 Å². The Bertz CT molecular complexity index is 835. The number of aliphatic carboxylic acids is 1. The van der Waals surface area contributed by atoms with Crippen LogP contribution in [0.2, 0.25) is 0 Å². The third-order valence-corrected chi connectivity index (χ3v) is 3.74. The number of aromatic amines is 1. The lowest BCUT2D eigenvalue weighted by molar-refractivity contribution is -0.136. The number of aromatic nitrogens is 2. The van der Waals surface area contributed by atoms with Crippen molar-refractivity contribution in [1.82, 2.24) is 9.97 Å². The molecule has 5 heteroatoms. The Labute approximate surface area is 134 Å². The van der Waals surface area contributed by atoms with E-state index in [-0.39, 0.29) is 6.42 Å². The summed E-state index contributed by atoms with van der Waals surface area (Å²) in [7, 11) is 0. The molecule has 5 nitrogen and oxygen atoms in total. The normalized spacial score (nSPS) is 11.1. The number of H-pyrrole nitrogens is 1. The van der Waals surface area contributed by atoms with Crippen LogP contribution < -0.4 is 5.32 Å². The van der Waals surface area contributed by atoms with Crippen LogP contribution in [0.1, 0.15) is 30.9 Å². The predicted molar refractivity (Wildman–Crippen MR) is 91.2 cm³/mol. The Balaban J connectivity index is 1.81. The lowest BCUT2D eigenvalue weighted by Crippen LogP contribution is -1.99. The number of rotatable bonds is 5. The maximum absolute atomic E-state index is 10.8. The van der Waals surface area contributed by atoms with Gasteiger partial charge >= 0.3 is 5.97 Å². The molecule has 0 fully saturated rings. The molecule has 0 aliphatic heterocycles. The molecule has 3 N–H and O–H groups in total. The topological polar surface area (TPSA) is 78.0 Å². The number of carboxylic acid groups (broad SMARTS) is 1. The van der Waals surface area contributed by atoms with Crippen molar-refractivity contribution in [2.24, 2.45) is 0 Å². The number of carboxylic acids is 1. The second-order valence-corrected chi connectivity index (χ2v) is 5.91. The molecule has 3 rings (SSSR count). The molecule has 0 aliphatic carbocycles. The van der Waals surface area contributed by atoms with Crippen LogP contribution in [0, 0.1) is 0 Å². The van der Waals surface area contributed by atoms with E-state index in [1.54, 1.807) is 12.1 Å². The van der Waals surface area contributed by atoms with Crippen LogP contribution in [-0.2, 0) is 11.2 Å². The molecular formula is C18H19N3O2. The molecule has 0 saturated heterocycles. The second kappa shape index (κ2) is 6.12. The van der Waals surface area contributed by atoms with Crippen molar-refractivity contribution in [1.29, 1.82) is 0 Å². The summed E-state index contributed by atoms with van der Waals surface area (Å²) >= 11 is 0. The first-order valence-electron chi connectivity index (χ1n) is 7.58. The third kappa shape index (κ3) is 3.51. The van der Waals surface area contributed by atoms with Crippen LogP contribution >= 0.6 is 0 Å². The van der Waals surface area contributed by atoms with Gasteiger partial charge in [0.05, 0.1) is 17.5 Å². The fraction of sp³-hybridized carbons (Fsp3) is 0.222. The van der Waals surface area contributed by atoms with Crippen molar-refractivity contribution < 1.29 is 9.90 Å². The number of carbonyl (C=O) groups is 1. The van der Waals surface area contributed by atoms with E-state index in [1.807, 2.05) is 18.2 Å². The molecule has 0 unspecified atom stereocenters. The number of anilines is 2. The number of fused-ring (bicyclic) bond motifs is 1. The van der Waals surface area contributed by atoms with E-state index in [9.17, 15) is 4.79 Å². The summed E-state index contributed by atoms with van der Waals surface area (Å²) in [5.74, 6) is 0.302. The average molecular weight is 309 g/mol. The standard InChI is InChI=1S/C18H19N3O2/c1-11(2)13-4-6-14(7-5-13)19-18-20-15-8-3-12(10-17(22)23)9-16(15)21-18/h3-9,11H,10H2,1-2H3,(H,22,23)(H2,19,20,21). The first kappa shape index (κ1) is 15.1. The van der Waals surface area contributed by atoms with Gasteiger partial charge in [0.2, 0.25) is 5.95 Å². The summed E-state index contributed by atoms with van der Waals surface area (Å²) in [6, 6.07) is 13.7. The van der Waals surface area contributed by atoms with Gasteiger partial charge in [-0.05, 0) is 41.3 Å². The van der Waals surface area contributed by atoms with Crippen LogP contribution in [-0.4, -0.2) is 21.0 Å². The molecule has 0 radical (unpaired) electrons. The first-order valence-corrected chi connectivity index (χ1v) is 7.58. The lowest BCUT2D eigenvalue weighted by Gasteiger charge is -2.07. The van der Waals surface area contributed by atoms with Crippen LogP contribution in [0.15, 0.2) is 42.5 Å². The monoisotopic (exact) mass is 309 g/mol. The van der Waals surface area contributed by atoms with E-state index < -0.39 is 5.97 Å². The Morgan fingerprint density at radius 2 is 1.96 bits per heavy atom. The number of imidazole rings is 1. The van der Waals surface area contributed by atoms with E-state index in [2.05, 4.69) is 41.3 Å². The van der Waals surface area contributed by atoms with Gasteiger partial charge < -0.3 is 15.4 Å². The maximum Gasteiger partial charge on any atom is 0.307 e. The van der Waals surface area contributed by atoms with E-state index in [1.165, 1.54) is 5.56 Å². The number of hydrogen-bond donors (Lipinski definition) is 3. The fourth-order valence-electron chi connectivity index (χ4n) is 2.48. The summed E-state index contributed by atoms with van der Waals surface area (Å²) in [6.07, 6.45) is 0.00221. The summed E-state index contributed by atoms with van der Waals surface area (Å²) < 4.78 is 0. The van der Waals surface area contributed by atoms with Gasteiger partial charge in [-0.3, -0.25) is 4.79 Å². The van der Waals surface area contributed by atoms with E-state index in [0.717, 1.165) is 22.3 Å². The van der Waals surface area contributed by atoms with Crippen molar-refractivity contribution in [2.75, 3.05) is 5.32 Å². The minimum absolute atomic E-state index is 0.00221. The average Bonchev–Trinajstić information content (AvgIpc) is 2.88. The minimum Gasteiger partial charge on any atom is -0.481 e. The van der Waals surface area contributed by atoms with Crippen LogP contribution in [0.5, 0.6) is 0 Å². The Hall–Kier alpha value is -2.82. The molecule has 0 bridgehead atoms. The minimum atomic E-state index is -0.844. The van der Waals surface area contributed by atoms with Crippen LogP contribution in [0.3, 0.4) is 0 Å². The molecule has 0 aliphatic rings. The Kier molecular flexibility index (Phi) is 4.02. The van der Waals surface area contributed by atoms with Gasteiger partial charge in [-0.1, -0.05) is 32.0 Å². The second-order valence-electron chi connectivity index (χ2n) is 5.91. The predicted octanol–water partition coefficient (Wildman–Crippen LogP) is 4.06. The lowest BCUT2D eigenvalue weighted by atomic mass is 10.0. The molecule has 3 aromatic rings. The number of nitrogens with zero attached hydrogens (tertiary/aromatic N) is 1. The molecule has 0 atom stereocenters. The highest BCUT2D eigenvalue weighted by molar-refractivity contribution is 5.80. The van der Waals surface area contributed by atoms with E-state index >= 15 is 0 Å².